The first-order valence-corrected chi connectivity index (χ1v) is 12.0. The summed E-state index contributed by atoms with van der Waals surface area (Å²) in [5, 5.41) is 1.93. The van der Waals surface area contributed by atoms with Gasteiger partial charge in [0.2, 0.25) is 0 Å². The molecule has 0 aliphatic carbocycles. The summed E-state index contributed by atoms with van der Waals surface area (Å²) in [4.78, 5) is 11.9. The molecule has 3 aromatic carbocycles. The van der Waals surface area contributed by atoms with Gasteiger partial charge in [-0.1, -0.05) is 15.9 Å². The molecule has 0 bridgehead atoms. The first-order valence-electron chi connectivity index (χ1n) is 9.74. The van der Waals surface area contributed by atoms with Crippen molar-refractivity contribution in [2.75, 3.05) is 16.6 Å². The number of carbonyl (C=O) groups excluding carboxylic acids is 1. The van der Waals surface area contributed by atoms with Crippen molar-refractivity contribution < 1.29 is 44.3 Å². The molecule has 0 saturated heterocycles. The molecule has 3 rings (SSSR count). The summed E-state index contributed by atoms with van der Waals surface area (Å²) >= 11 is 3.23. The van der Waals surface area contributed by atoms with Crippen molar-refractivity contribution in [1.29, 1.82) is 0 Å². The van der Waals surface area contributed by atoms with E-state index in [9.17, 15) is 39.6 Å². The molecule has 3 aromatic rings. The van der Waals surface area contributed by atoms with E-state index in [0.29, 0.717) is 17.8 Å². The molecule has 1 amide bonds. The monoisotopic (exact) mass is 596 g/mol. The van der Waals surface area contributed by atoms with Crippen molar-refractivity contribution in [2.45, 2.75) is 17.2 Å². The molecule has 0 unspecified atom stereocenters. The fourth-order valence-corrected chi connectivity index (χ4v) is 4.14. The number of ether oxygens (including phenoxy) is 1. The Hall–Kier alpha value is -3.26. The zero-order valence-electron chi connectivity index (χ0n) is 17.7. The predicted molar refractivity (Wildman–Crippen MR) is 122 cm³/mol. The average molecular weight is 597 g/mol. The second kappa shape index (κ2) is 10.4. The zero-order chi connectivity index (χ0) is 26.7. The topological polar surface area (TPSA) is 84.5 Å². The number of rotatable bonds is 7. The summed E-state index contributed by atoms with van der Waals surface area (Å²) in [6, 6.07) is 11.9. The summed E-state index contributed by atoms with van der Waals surface area (Å²) < 4.78 is 111. The van der Waals surface area contributed by atoms with E-state index < -0.39 is 51.7 Å². The van der Waals surface area contributed by atoms with E-state index in [4.69, 9.17) is 4.74 Å². The van der Waals surface area contributed by atoms with E-state index in [1.54, 1.807) is 24.3 Å². The van der Waals surface area contributed by atoms with Crippen molar-refractivity contribution in [1.82, 2.24) is 0 Å². The molecular weight excluding hydrogens is 582 g/mol. The van der Waals surface area contributed by atoms with Gasteiger partial charge in [0.15, 0.2) is 6.61 Å². The lowest BCUT2D eigenvalue weighted by Crippen LogP contribution is -2.21. The molecule has 192 valence electrons. The fourth-order valence-electron chi connectivity index (χ4n) is 2.82. The third-order valence-electron chi connectivity index (χ3n) is 4.47. The van der Waals surface area contributed by atoms with Gasteiger partial charge in [0.25, 0.3) is 15.9 Å². The Morgan fingerprint density at radius 2 is 1.33 bits per heavy atom. The van der Waals surface area contributed by atoms with Gasteiger partial charge >= 0.3 is 12.4 Å². The van der Waals surface area contributed by atoms with Gasteiger partial charge < -0.3 is 10.1 Å². The summed E-state index contributed by atoms with van der Waals surface area (Å²) in [6.07, 6.45) is -10.1. The second-order valence-electron chi connectivity index (χ2n) is 7.22. The van der Waals surface area contributed by atoms with Crippen LogP contribution in [0.4, 0.5) is 37.7 Å². The quantitative estimate of drug-likeness (QED) is 0.313. The average Bonchev–Trinajstić information content (AvgIpc) is 2.78. The summed E-state index contributed by atoms with van der Waals surface area (Å²) in [5.41, 5.74) is -3.56. The largest absolute Gasteiger partial charge is 0.484 e. The van der Waals surface area contributed by atoms with E-state index in [0.717, 1.165) is 4.47 Å². The SMILES string of the molecule is O=C(COc1ccc(S(=O)(=O)Nc2ccc(Br)cc2)cc1)Nc1cc(C(F)(F)F)cc(C(F)(F)F)c1. The highest BCUT2D eigenvalue weighted by Gasteiger charge is 2.37. The van der Waals surface area contributed by atoms with E-state index in [2.05, 4.69) is 20.7 Å². The van der Waals surface area contributed by atoms with E-state index in [1.165, 1.54) is 24.3 Å². The van der Waals surface area contributed by atoms with Crippen molar-refractivity contribution in [3.05, 3.63) is 82.3 Å². The lowest BCUT2D eigenvalue weighted by Gasteiger charge is -2.15. The number of hydrogen-bond acceptors (Lipinski definition) is 4. The van der Waals surface area contributed by atoms with Gasteiger partial charge in [-0.25, -0.2) is 8.42 Å². The number of hydrogen-bond donors (Lipinski definition) is 2. The van der Waals surface area contributed by atoms with E-state index in [-0.39, 0.29) is 16.7 Å². The number of benzene rings is 3. The molecule has 0 heterocycles. The third-order valence-corrected chi connectivity index (χ3v) is 6.40. The van der Waals surface area contributed by atoms with Gasteiger partial charge in [-0.05, 0) is 66.7 Å². The Kier molecular flexibility index (Phi) is 7.88. The van der Waals surface area contributed by atoms with Crippen LogP contribution in [0.2, 0.25) is 0 Å². The van der Waals surface area contributed by atoms with Gasteiger partial charge in [-0.2, -0.15) is 26.3 Å². The smallest absolute Gasteiger partial charge is 0.416 e. The number of sulfonamides is 1. The summed E-state index contributed by atoms with van der Waals surface area (Å²) in [5.74, 6) is -0.996. The van der Waals surface area contributed by atoms with E-state index in [1.807, 2.05) is 5.32 Å². The fraction of sp³-hybridized carbons (Fsp3) is 0.136. The molecule has 0 saturated carbocycles. The number of alkyl halides is 6. The molecule has 0 atom stereocenters. The minimum Gasteiger partial charge on any atom is -0.484 e. The standard InChI is InChI=1S/C22H15BrF6N2O4S/c23-15-1-3-16(4-2-15)31-36(33,34)19-7-5-18(6-8-19)35-12-20(32)30-17-10-13(21(24,25)26)9-14(11-17)22(27,28)29/h1-11,31H,12H2,(H,30,32). The van der Waals surface area contributed by atoms with E-state index >= 15 is 0 Å². The van der Waals surface area contributed by atoms with Crippen LogP contribution in [-0.4, -0.2) is 20.9 Å². The van der Waals surface area contributed by atoms with Gasteiger partial charge in [0.1, 0.15) is 5.75 Å². The van der Waals surface area contributed by atoms with Crippen molar-refractivity contribution >= 4 is 43.2 Å². The first kappa shape index (κ1) is 27.3. The molecule has 6 nitrogen and oxygen atoms in total. The number of amides is 1. The number of anilines is 2. The minimum atomic E-state index is -5.06. The minimum absolute atomic E-state index is 0.0350. The Bertz CT molecular complexity index is 1310. The molecule has 0 fully saturated rings. The molecule has 2 N–H and O–H groups in total. The molecular formula is C22H15BrF6N2O4S. The van der Waals surface area contributed by atoms with Gasteiger partial charge in [0, 0.05) is 15.8 Å². The summed E-state index contributed by atoms with van der Waals surface area (Å²) in [7, 11) is -3.93. The Labute approximate surface area is 209 Å². The third kappa shape index (κ3) is 7.37. The van der Waals surface area contributed by atoms with Crippen molar-refractivity contribution in [2.24, 2.45) is 0 Å². The number of carbonyl (C=O) groups is 1. The van der Waals surface area contributed by atoms with Gasteiger partial charge in [-0.15, -0.1) is 0 Å². The molecule has 0 aromatic heterocycles. The molecule has 0 aliphatic rings. The van der Waals surface area contributed by atoms with Crippen LogP contribution >= 0.6 is 15.9 Å². The Balaban J connectivity index is 1.65. The molecule has 0 aliphatic heterocycles. The van der Waals surface area contributed by atoms with Crippen LogP contribution in [0.3, 0.4) is 0 Å². The Morgan fingerprint density at radius 1 is 0.806 bits per heavy atom. The molecule has 0 spiro atoms. The number of halogens is 7. The van der Waals surface area contributed by atoms with Gasteiger partial charge in [-0.3, -0.25) is 9.52 Å². The van der Waals surface area contributed by atoms with Crippen LogP contribution in [0.15, 0.2) is 76.1 Å². The highest BCUT2D eigenvalue weighted by Crippen LogP contribution is 2.37. The maximum atomic E-state index is 12.9. The highest BCUT2D eigenvalue weighted by atomic mass is 79.9. The second-order valence-corrected chi connectivity index (χ2v) is 9.81. The van der Waals surface area contributed by atoms with Crippen LogP contribution in [0, 0.1) is 0 Å². The molecule has 0 radical (unpaired) electrons. The first-order chi connectivity index (χ1) is 16.6. The molecule has 36 heavy (non-hydrogen) atoms. The van der Waals surface area contributed by atoms with Gasteiger partial charge in [0.05, 0.1) is 16.0 Å². The maximum absolute atomic E-state index is 12.9. The van der Waals surface area contributed by atoms with Crippen LogP contribution in [0.5, 0.6) is 5.75 Å². The summed E-state index contributed by atoms with van der Waals surface area (Å²) in [6.45, 7) is -0.763. The van der Waals surface area contributed by atoms with Crippen LogP contribution in [-0.2, 0) is 27.2 Å². The van der Waals surface area contributed by atoms with Crippen molar-refractivity contribution in [3.8, 4) is 5.75 Å². The van der Waals surface area contributed by atoms with Crippen LogP contribution < -0.4 is 14.8 Å². The number of nitrogens with one attached hydrogen (secondary N) is 2. The Morgan fingerprint density at radius 3 is 1.83 bits per heavy atom. The normalized spacial score (nSPS) is 12.2. The lowest BCUT2D eigenvalue weighted by molar-refractivity contribution is -0.143. The maximum Gasteiger partial charge on any atom is 0.416 e. The van der Waals surface area contributed by atoms with Crippen molar-refractivity contribution in [3.63, 3.8) is 0 Å². The predicted octanol–water partition coefficient (Wildman–Crippen LogP) is 6.31. The van der Waals surface area contributed by atoms with Crippen LogP contribution in [0.25, 0.3) is 0 Å². The lowest BCUT2D eigenvalue weighted by atomic mass is 10.1. The zero-order valence-corrected chi connectivity index (χ0v) is 20.1. The molecule has 14 heteroatoms. The van der Waals surface area contributed by atoms with Crippen LogP contribution in [0.1, 0.15) is 11.1 Å². The highest BCUT2D eigenvalue weighted by molar-refractivity contribution is 9.10.